The lowest BCUT2D eigenvalue weighted by Gasteiger charge is -1.90. The molecule has 84 valence electrons. The summed E-state index contributed by atoms with van der Waals surface area (Å²) in [5.41, 5.74) is -0.325. The van der Waals surface area contributed by atoms with Crippen molar-refractivity contribution in [1.82, 2.24) is 4.98 Å². The zero-order chi connectivity index (χ0) is 11.9. The van der Waals surface area contributed by atoms with Crippen LogP contribution in [0.5, 0.6) is 0 Å². The molecule has 0 saturated heterocycles. The summed E-state index contributed by atoms with van der Waals surface area (Å²) in [7, 11) is -4.42. The molecule has 0 radical (unpaired) electrons. The monoisotopic (exact) mass is 260 g/mol. The molecule has 0 bridgehead atoms. The van der Waals surface area contributed by atoms with Crippen LogP contribution in [0.15, 0.2) is 22.5 Å². The van der Waals surface area contributed by atoms with Crippen LogP contribution in [0.1, 0.15) is 0 Å². The highest BCUT2D eigenvalue weighted by atomic mass is 32.3. The summed E-state index contributed by atoms with van der Waals surface area (Å²) in [6.45, 7) is 0. The SMILES string of the molecule is O=[N+]([O-])c1cccc2sc(S(=O)(=O)O)nc12. The predicted molar refractivity (Wildman–Crippen MR) is 56.1 cm³/mol. The molecule has 0 fully saturated rings. The Morgan fingerprint density at radius 3 is 2.69 bits per heavy atom. The fraction of sp³-hybridized carbons (Fsp3) is 0. The number of para-hydroxylation sites is 1. The normalized spacial score (nSPS) is 11.8. The molecule has 0 saturated carbocycles. The minimum atomic E-state index is -4.42. The number of hydrogen-bond donors (Lipinski definition) is 1. The minimum Gasteiger partial charge on any atom is -0.280 e. The number of non-ortho nitro benzene ring substituents is 1. The molecule has 0 aliphatic rings. The van der Waals surface area contributed by atoms with Gasteiger partial charge in [-0.2, -0.15) is 8.42 Å². The Kier molecular flexibility index (Phi) is 2.37. The van der Waals surface area contributed by atoms with Gasteiger partial charge in [0.2, 0.25) is 4.34 Å². The Morgan fingerprint density at radius 2 is 2.12 bits per heavy atom. The van der Waals surface area contributed by atoms with Gasteiger partial charge in [-0.1, -0.05) is 6.07 Å². The number of nitro groups is 1. The Labute approximate surface area is 93.3 Å². The summed E-state index contributed by atoms with van der Waals surface area (Å²) in [4.78, 5) is 13.5. The van der Waals surface area contributed by atoms with E-state index < -0.39 is 19.4 Å². The summed E-state index contributed by atoms with van der Waals surface area (Å²) >= 11 is 0.682. The van der Waals surface area contributed by atoms with Gasteiger partial charge in [-0.15, -0.1) is 11.3 Å². The molecular weight excluding hydrogens is 256 g/mol. The number of rotatable bonds is 2. The van der Waals surface area contributed by atoms with E-state index in [1.807, 2.05) is 0 Å². The third kappa shape index (κ3) is 1.75. The summed E-state index contributed by atoms with van der Waals surface area (Å²) in [5.74, 6) is 0. The van der Waals surface area contributed by atoms with E-state index in [1.165, 1.54) is 18.2 Å². The van der Waals surface area contributed by atoms with E-state index in [0.717, 1.165) is 0 Å². The van der Waals surface area contributed by atoms with Crippen molar-refractivity contribution in [1.29, 1.82) is 0 Å². The van der Waals surface area contributed by atoms with Crippen molar-refractivity contribution in [2.45, 2.75) is 4.34 Å². The van der Waals surface area contributed by atoms with Gasteiger partial charge in [0.05, 0.1) is 9.62 Å². The van der Waals surface area contributed by atoms with Crippen LogP contribution in [0, 0.1) is 10.1 Å². The molecule has 1 aromatic carbocycles. The second kappa shape index (κ2) is 3.47. The minimum absolute atomic E-state index is 0.0369. The lowest BCUT2D eigenvalue weighted by Crippen LogP contribution is -1.96. The second-order valence-corrected chi connectivity index (χ2v) is 5.46. The number of fused-ring (bicyclic) bond motifs is 1. The summed E-state index contributed by atoms with van der Waals surface area (Å²) < 4.78 is 30.2. The van der Waals surface area contributed by atoms with Crippen molar-refractivity contribution >= 4 is 37.4 Å². The number of aromatic nitrogens is 1. The van der Waals surface area contributed by atoms with E-state index in [-0.39, 0.29) is 11.2 Å². The van der Waals surface area contributed by atoms with Crippen LogP contribution in [0.4, 0.5) is 5.69 Å². The highest BCUT2D eigenvalue weighted by Gasteiger charge is 2.21. The first-order chi connectivity index (χ1) is 7.39. The van der Waals surface area contributed by atoms with Gasteiger partial charge in [-0.3, -0.25) is 14.7 Å². The molecule has 0 aliphatic heterocycles. The highest BCUT2D eigenvalue weighted by Crippen LogP contribution is 2.31. The molecule has 0 spiro atoms. The van der Waals surface area contributed by atoms with Crippen molar-refractivity contribution < 1.29 is 17.9 Å². The lowest BCUT2D eigenvalue weighted by atomic mass is 10.3. The van der Waals surface area contributed by atoms with Crippen molar-refractivity contribution in [3.8, 4) is 0 Å². The summed E-state index contributed by atoms with van der Waals surface area (Å²) in [5, 5.41) is 10.6. The zero-order valence-electron chi connectivity index (χ0n) is 7.52. The van der Waals surface area contributed by atoms with Gasteiger partial charge in [0.1, 0.15) is 0 Å². The fourth-order valence-electron chi connectivity index (χ4n) is 1.17. The molecule has 1 aromatic heterocycles. The van der Waals surface area contributed by atoms with Crippen LogP contribution in [0.3, 0.4) is 0 Å². The summed E-state index contributed by atoms with van der Waals surface area (Å²) in [6.07, 6.45) is 0. The number of thiazole rings is 1. The molecule has 2 aromatic rings. The summed E-state index contributed by atoms with van der Waals surface area (Å²) in [6, 6.07) is 4.14. The van der Waals surface area contributed by atoms with Crippen LogP contribution in [0.2, 0.25) is 0 Å². The smallest absolute Gasteiger partial charge is 0.280 e. The standard InChI is InChI=1S/C7H4N2O5S2/c10-9(11)4-2-1-3-5-6(4)8-7(15-5)16(12,13)14/h1-3H,(H,12,13,14). The van der Waals surface area contributed by atoms with E-state index in [1.54, 1.807) is 0 Å². The molecule has 1 heterocycles. The van der Waals surface area contributed by atoms with Gasteiger partial charge in [-0.25, -0.2) is 4.98 Å². The van der Waals surface area contributed by atoms with Gasteiger partial charge in [-0.05, 0) is 6.07 Å². The fourth-order valence-corrected chi connectivity index (χ4v) is 2.79. The molecule has 9 heteroatoms. The van der Waals surface area contributed by atoms with Crippen LogP contribution in [0.25, 0.3) is 10.2 Å². The van der Waals surface area contributed by atoms with Crippen LogP contribution in [-0.2, 0) is 10.1 Å². The molecular formula is C7H4N2O5S2. The quantitative estimate of drug-likeness (QED) is 0.497. The van der Waals surface area contributed by atoms with E-state index in [0.29, 0.717) is 16.0 Å². The zero-order valence-corrected chi connectivity index (χ0v) is 9.16. The molecule has 2 rings (SSSR count). The van der Waals surface area contributed by atoms with E-state index in [9.17, 15) is 18.5 Å². The third-order valence-corrected chi connectivity index (χ3v) is 4.03. The van der Waals surface area contributed by atoms with Crippen molar-refractivity contribution in [2.24, 2.45) is 0 Å². The van der Waals surface area contributed by atoms with Crippen molar-refractivity contribution in [3.05, 3.63) is 28.3 Å². The predicted octanol–water partition coefficient (Wildman–Crippen LogP) is 1.45. The van der Waals surface area contributed by atoms with E-state index in [4.69, 9.17) is 4.55 Å². The maximum atomic E-state index is 10.8. The highest BCUT2D eigenvalue weighted by molar-refractivity contribution is 7.88. The van der Waals surface area contributed by atoms with Crippen molar-refractivity contribution in [2.75, 3.05) is 0 Å². The van der Waals surface area contributed by atoms with Crippen LogP contribution in [-0.4, -0.2) is 22.9 Å². The van der Waals surface area contributed by atoms with Crippen molar-refractivity contribution in [3.63, 3.8) is 0 Å². The molecule has 7 nitrogen and oxygen atoms in total. The molecule has 0 atom stereocenters. The largest absolute Gasteiger partial charge is 0.322 e. The maximum Gasteiger partial charge on any atom is 0.322 e. The number of hydrogen-bond acceptors (Lipinski definition) is 6. The first-order valence-electron chi connectivity index (χ1n) is 3.91. The Bertz CT molecular complexity index is 675. The van der Waals surface area contributed by atoms with Gasteiger partial charge < -0.3 is 0 Å². The van der Waals surface area contributed by atoms with Crippen LogP contribution >= 0.6 is 11.3 Å². The van der Waals surface area contributed by atoms with Gasteiger partial charge >= 0.3 is 10.1 Å². The lowest BCUT2D eigenvalue weighted by molar-refractivity contribution is -0.383. The Morgan fingerprint density at radius 1 is 1.44 bits per heavy atom. The average Bonchev–Trinajstić information content (AvgIpc) is 2.59. The van der Waals surface area contributed by atoms with E-state index in [2.05, 4.69) is 4.98 Å². The van der Waals surface area contributed by atoms with E-state index >= 15 is 0 Å². The first kappa shape index (κ1) is 10.9. The molecule has 0 unspecified atom stereocenters. The van der Waals surface area contributed by atoms with Gasteiger partial charge in [0.15, 0.2) is 5.52 Å². The topological polar surface area (TPSA) is 110 Å². The Balaban J connectivity index is 2.81. The second-order valence-electron chi connectivity index (χ2n) is 2.84. The van der Waals surface area contributed by atoms with Gasteiger partial charge in [0.25, 0.3) is 5.69 Å². The number of nitro benzene ring substituents is 1. The molecule has 16 heavy (non-hydrogen) atoms. The molecule has 0 aliphatic carbocycles. The van der Waals surface area contributed by atoms with Crippen LogP contribution < -0.4 is 0 Å². The van der Waals surface area contributed by atoms with Gasteiger partial charge in [0, 0.05) is 6.07 Å². The Hall–Kier alpha value is -1.58. The average molecular weight is 260 g/mol. The first-order valence-corrected chi connectivity index (χ1v) is 6.16. The molecule has 1 N–H and O–H groups in total. The maximum absolute atomic E-state index is 10.8. The number of benzene rings is 1. The number of nitrogens with zero attached hydrogens (tertiary/aromatic N) is 2. The molecule has 0 amide bonds. The third-order valence-electron chi connectivity index (χ3n) is 1.80.